The van der Waals surface area contributed by atoms with Crippen LogP contribution in [-0.4, -0.2) is 49.6 Å². The average Bonchev–Trinajstić information content (AvgIpc) is 2.94. The lowest BCUT2D eigenvalue weighted by Gasteiger charge is -2.29. The Bertz CT molecular complexity index is 295. The summed E-state index contributed by atoms with van der Waals surface area (Å²) in [6.45, 7) is 9.97. The molecule has 2 fully saturated rings. The molecule has 0 aromatic rings. The number of guanidine groups is 1. The zero-order valence-corrected chi connectivity index (χ0v) is 16.1. The average molecular weight is 408 g/mol. The second-order valence-corrected chi connectivity index (χ2v) is 6.41. The Kier molecular flexibility index (Phi) is 9.64. The van der Waals surface area contributed by atoms with Gasteiger partial charge in [0.1, 0.15) is 0 Å². The van der Waals surface area contributed by atoms with Gasteiger partial charge in [0.05, 0.1) is 6.54 Å². The van der Waals surface area contributed by atoms with E-state index < -0.39 is 0 Å². The van der Waals surface area contributed by atoms with Crippen molar-refractivity contribution in [1.29, 1.82) is 0 Å². The zero-order chi connectivity index (χ0) is 14.2. The monoisotopic (exact) mass is 408 g/mol. The summed E-state index contributed by atoms with van der Waals surface area (Å²) in [7, 11) is 0. The van der Waals surface area contributed by atoms with E-state index in [-0.39, 0.29) is 24.0 Å². The Hall–Kier alpha value is -0.0400. The Labute approximate surface area is 147 Å². The molecule has 1 saturated carbocycles. The minimum Gasteiger partial charge on any atom is -0.357 e. The van der Waals surface area contributed by atoms with Crippen LogP contribution >= 0.6 is 24.0 Å². The highest BCUT2D eigenvalue weighted by Gasteiger charge is 2.17. The number of nitrogens with one attached hydrogen (secondary N) is 2. The molecular weight excluding hydrogens is 375 g/mol. The van der Waals surface area contributed by atoms with Crippen LogP contribution in [0.4, 0.5) is 0 Å². The number of hydrogen-bond donors (Lipinski definition) is 2. The Morgan fingerprint density at radius 3 is 2.43 bits per heavy atom. The van der Waals surface area contributed by atoms with Crippen molar-refractivity contribution in [3.8, 4) is 0 Å². The van der Waals surface area contributed by atoms with E-state index in [1.807, 2.05) is 0 Å². The molecule has 2 rings (SSSR count). The first-order valence-electron chi connectivity index (χ1n) is 8.55. The van der Waals surface area contributed by atoms with E-state index in [0.29, 0.717) is 6.04 Å². The smallest absolute Gasteiger partial charge is 0.191 e. The van der Waals surface area contributed by atoms with Crippen molar-refractivity contribution in [2.45, 2.75) is 58.4 Å². The third-order valence-corrected chi connectivity index (χ3v) is 4.60. The van der Waals surface area contributed by atoms with Crippen LogP contribution in [0.25, 0.3) is 0 Å². The topological polar surface area (TPSA) is 39.7 Å². The lowest BCUT2D eigenvalue weighted by Crippen LogP contribution is -2.43. The van der Waals surface area contributed by atoms with Crippen LogP contribution in [0.15, 0.2) is 4.99 Å². The van der Waals surface area contributed by atoms with Crippen LogP contribution in [0.5, 0.6) is 0 Å². The van der Waals surface area contributed by atoms with Crippen LogP contribution in [0.2, 0.25) is 0 Å². The van der Waals surface area contributed by atoms with Crippen LogP contribution in [0, 0.1) is 5.92 Å². The summed E-state index contributed by atoms with van der Waals surface area (Å²) in [6.07, 6.45) is 8.03. The summed E-state index contributed by atoms with van der Waals surface area (Å²) in [5, 5.41) is 6.96. The van der Waals surface area contributed by atoms with Gasteiger partial charge in [0.25, 0.3) is 0 Å². The van der Waals surface area contributed by atoms with Gasteiger partial charge >= 0.3 is 0 Å². The first kappa shape index (κ1) is 19.0. The third-order valence-electron chi connectivity index (χ3n) is 4.60. The van der Waals surface area contributed by atoms with Gasteiger partial charge in [0, 0.05) is 19.1 Å². The van der Waals surface area contributed by atoms with Crippen molar-refractivity contribution in [1.82, 2.24) is 15.5 Å². The van der Waals surface area contributed by atoms with Gasteiger partial charge in [-0.25, -0.2) is 0 Å². The van der Waals surface area contributed by atoms with E-state index >= 15 is 0 Å². The second kappa shape index (κ2) is 10.6. The number of halogens is 1. The lowest BCUT2D eigenvalue weighted by atomic mass is 9.99. The zero-order valence-electron chi connectivity index (χ0n) is 13.7. The molecule has 0 bridgehead atoms. The summed E-state index contributed by atoms with van der Waals surface area (Å²) in [5.41, 5.74) is 0. The molecular formula is C16H33IN4. The van der Waals surface area contributed by atoms with Gasteiger partial charge in [-0.2, -0.15) is 0 Å². The van der Waals surface area contributed by atoms with Crippen molar-refractivity contribution in [3.05, 3.63) is 0 Å². The van der Waals surface area contributed by atoms with Gasteiger partial charge in [-0.15, -0.1) is 24.0 Å². The van der Waals surface area contributed by atoms with Gasteiger partial charge in [-0.1, -0.05) is 19.8 Å². The lowest BCUT2D eigenvalue weighted by molar-refractivity contribution is 0.197. The quantitative estimate of drug-likeness (QED) is 0.418. The van der Waals surface area contributed by atoms with Gasteiger partial charge in [0.15, 0.2) is 5.96 Å². The van der Waals surface area contributed by atoms with Gasteiger partial charge in [0.2, 0.25) is 0 Å². The summed E-state index contributed by atoms with van der Waals surface area (Å²) in [4.78, 5) is 7.30. The summed E-state index contributed by atoms with van der Waals surface area (Å²) in [6, 6.07) is 0.642. The van der Waals surface area contributed by atoms with E-state index in [1.54, 1.807) is 0 Å². The van der Waals surface area contributed by atoms with Gasteiger partial charge in [-0.05, 0) is 51.6 Å². The van der Waals surface area contributed by atoms with E-state index in [1.165, 1.54) is 51.6 Å². The normalized spacial score (nSPS) is 22.1. The molecule has 0 aromatic carbocycles. The van der Waals surface area contributed by atoms with Gasteiger partial charge in [-0.3, -0.25) is 4.99 Å². The van der Waals surface area contributed by atoms with Crippen molar-refractivity contribution < 1.29 is 0 Å². The first-order valence-corrected chi connectivity index (χ1v) is 8.55. The van der Waals surface area contributed by atoms with Crippen LogP contribution in [0.1, 0.15) is 52.4 Å². The molecule has 2 N–H and O–H groups in total. The molecule has 1 aliphatic heterocycles. The molecule has 0 unspecified atom stereocenters. The fourth-order valence-electron chi connectivity index (χ4n) is 3.17. The molecule has 0 atom stereocenters. The Morgan fingerprint density at radius 2 is 1.81 bits per heavy atom. The van der Waals surface area contributed by atoms with E-state index in [9.17, 15) is 0 Å². The molecule has 0 aromatic heterocycles. The Balaban J connectivity index is 0.00000220. The molecule has 0 amide bonds. The first-order chi connectivity index (χ1) is 9.78. The molecule has 21 heavy (non-hydrogen) atoms. The largest absolute Gasteiger partial charge is 0.357 e. The molecule has 0 radical (unpaired) electrons. The van der Waals surface area contributed by atoms with Crippen molar-refractivity contribution in [2.75, 3.05) is 32.7 Å². The highest BCUT2D eigenvalue weighted by molar-refractivity contribution is 14.0. The highest BCUT2D eigenvalue weighted by Crippen LogP contribution is 2.17. The molecule has 2 aliphatic rings. The number of nitrogens with zero attached hydrogens (tertiary/aromatic N) is 2. The summed E-state index contributed by atoms with van der Waals surface area (Å²) in [5.74, 6) is 1.93. The van der Waals surface area contributed by atoms with Crippen LogP contribution in [0.3, 0.4) is 0 Å². The van der Waals surface area contributed by atoms with Crippen molar-refractivity contribution in [3.63, 3.8) is 0 Å². The minimum absolute atomic E-state index is 0. The predicted octanol–water partition coefficient (Wildman–Crippen LogP) is 2.83. The maximum Gasteiger partial charge on any atom is 0.191 e. The summed E-state index contributed by atoms with van der Waals surface area (Å²) < 4.78 is 0. The molecule has 0 spiro atoms. The standard InChI is InChI=1S/C16H32N4.HI/c1-3-17-16(19-15-6-4-5-7-15)18-10-13-20-11-8-14(2)9-12-20;/h14-15H,3-13H2,1-2H3,(H2,17,18,19);1H. The van der Waals surface area contributed by atoms with Crippen LogP contribution < -0.4 is 10.6 Å². The summed E-state index contributed by atoms with van der Waals surface area (Å²) >= 11 is 0. The van der Waals surface area contributed by atoms with E-state index in [4.69, 9.17) is 4.99 Å². The molecule has 124 valence electrons. The second-order valence-electron chi connectivity index (χ2n) is 6.41. The number of aliphatic imine (C=N–C) groups is 1. The van der Waals surface area contributed by atoms with Gasteiger partial charge < -0.3 is 15.5 Å². The molecule has 1 heterocycles. The highest BCUT2D eigenvalue weighted by atomic mass is 127. The number of piperidine rings is 1. The van der Waals surface area contributed by atoms with Crippen LogP contribution in [-0.2, 0) is 0 Å². The number of rotatable bonds is 5. The fourth-order valence-corrected chi connectivity index (χ4v) is 3.17. The molecule has 4 nitrogen and oxygen atoms in total. The van der Waals surface area contributed by atoms with E-state index in [2.05, 4.69) is 29.4 Å². The van der Waals surface area contributed by atoms with E-state index in [0.717, 1.165) is 31.5 Å². The number of likely N-dealkylation sites (tertiary alicyclic amines) is 1. The minimum atomic E-state index is 0. The fraction of sp³-hybridized carbons (Fsp3) is 0.938. The van der Waals surface area contributed by atoms with Crippen molar-refractivity contribution >= 4 is 29.9 Å². The molecule has 1 saturated heterocycles. The molecule has 5 heteroatoms. The maximum absolute atomic E-state index is 4.74. The number of hydrogen-bond acceptors (Lipinski definition) is 2. The third kappa shape index (κ3) is 7.17. The Morgan fingerprint density at radius 1 is 1.14 bits per heavy atom. The molecule has 1 aliphatic carbocycles. The SMILES string of the molecule is CCNC(=NCCN1CCC(C)CC1)NC1CCCC1.I. The maximum atomic E-state index is 4.74. The predicted molar refractivity (Wildman–Crippen MR) is 102 cm³/mol. The van der Waals surface area contributed by atoms with Crippen molar-refractivity contribution in [2.24, 2.45) is 10.9 Å².